The van der Waals surface area contributed by atoms with Crippen LogP contribution < -0.4 is 16.0 Å². The lowest BCUT2D eigenvalue weighted by Crippen LogP contribution is -2.36. The van der Waals surface area contributed by atoms with Crippen molar-refractivity contribution in [3.63, 3.8) is 0 Å². The fourth-order valence-corrected chi connectivity index (χ4v) is 2.15. The molecule has 6 heteroatoms. The minimum atomic E-state index is -0.281. The van der Waals surface area contributed by atoms with Crippen LogP contribution >= 0.6 is 0 Å². The Hall–Kier alpha value is -2.76. The van der Waals surface area contributed by atoms with E-state index in [4.69, 9.17) is 4.42 Å². The third-order valence-electron chi connectivity index (χ3n) is 3.24. The van der Waals surface area contributed by atoms with E-state index < -0.39 is 0 Å². The molecule has 0 aliphatic carbocycles. The number of hydrogen-bond donors (Lipinski definition) is 3. The third-order valence-corrected chi connectivity index (χ3v) is 3.24. The molecule has 0 saturated heterocycles. The molecule has 2 rings (SSSR count). The largest absolute Gasteiger partial charge is 0.464 e. The second-order valence-electron chi connectivity index (χ2n) is 5.38. The van der Waals surface area contributed by atoms with Crippen LogP contribution in [-0.2, 0) is 11.3 Å². The van der Waals surface area contributed by atoms with Crippen molar-refractivity contribution in [1.82, 2.24) is 10.6 Å². The number of rotatable bonds is 5. The van der Waals surface area contributed by atoms with E-state index in [0.29, 0.717) is 18.0 Å². The van der Waals surface area contributed by atoms with Gasteiger partial charge in [0, 0.05) is 19.2 Å². The highest BCUT2D eigenvalue weighted by Gasteiger charge is 2.12. The minimum absolute atomic E-state index is 0.129. The standard InChI is InChI=1S/C17H21N3O3/c1-11-7-8-16(23-11)12(2)19-17(22)18-10-14-5-4-6-15(9-14)20-13(3)21/h4-9,12H,10H2,1-3H3,(H,20,21)(H2,18,19,22). The van der Waals surface area contributed by atoms with Crippen molar-refractivity contribution < 1.29 is 14.0 Å². The van der Waals surface area contributed by atoms with E-state index in [1.54, 1.807) is 6.07 Å². The second kappa shape index (κ2) is 7.49. The Bertz CT molecular complexity index is 694. The summed E-state index contributed by atoms with van der Waals surface area (Å²) in [6.45, 7) is 5.53. The molecule has 1 aromatic carbocycles. The van der Waals surface area contributed by atoms with Crippen molar-refractivity contribution in [2.75, 3.05) is 5.32 Å². The van der Waals surface area contributed by atoms with Gasteiger partial charge in [-0.25, -0.2) is 4.79 Å². The van der Waals surface area contributed by atoms with E-state index in [0.717, 1.165) is 11.3 Å². The summed E-state index contributed by atoms with van der Waals surface area (Å²) in [5.74, 6) is 1.39. The van der Waals surface area contributed by atoms with Crippen molar-refractivity contribution in [2.45, 2.75) is 33.4 Å². The summed E-state index contributed by atoms with van der Waals surface area (Å²) in [6, 6.07) is 10.5. The molecule has 1 heterocycles. The van der Waals surface area contributed by atoms with Gasteiger partial charge in [0.05, 0.1) is 6.04 Å². The van der Waals surface area contributed by atoms with Gasteiger partial charge < -0.3 is 20.4 Å². The van der Waals surface area contributed by atoms with E-state index in [1.165, 1.54) is 6.92 Å². The van der Waals surface area contributed by atoms with Gasteiger partial charge in [0.2, 0.25) is 5.91 Å². The van der Waals surface area contributed by atoms with Gasteiger partial charge in [0.25, 0.3) is 0 Å². The molecule has 0 fully saturated rings. The van der Waals surface area contributed by atoms with Gasteiger partial charge in [-0.15, -0.1) is 0 Å². The predicted molar refractivity (Wildman–Crippen MR) is 88.0 cm³/mol. The van der Waals surface area contributed by atoms with Crippen molar-refractivity contribution in [3.8, 4) is 0 Å². The molecule has 0 saturated carbocycles. The van der Waals surface area contributed by atoms with Crippen LogP contribution in [0, 0.1) is 6.92 Å². The average molecular weight is 315 g/mol. The number of nitrogens with one attached hydrogen (secondary N) is 3. The van der Waals surface area contributed by atoms with Gasteiger partial charge in [-0.3, -0.25) is 4.79 Å². The summed E-state index contributed by atoms with van der Waals surface area (Å²) in [4.78, 5) is 23.0. The Labute approximate surface area is 135 Å². The van der Waals surface area contributed by atoms with Crippen molar-refractivity contribution >= 4 is 17.6 Å². The maximum absolute atomic E-state index is 11.9. The Kier molecular flexibility index (Phi) is 5.41. The fraction of sp³-hybridized carbons (Fsp3) is 0.294. The minimum Gasteiger partial charge on any atom is -0.464 e. The molecule has 23 heavy (non-hydrogen) atoms. The molecule has 122 valence electrons. The molecule has 3 N–H and O–H groups in total. The molecule has 6 nitrogen and oxygen atoms in total. The third kappa shape index (κ3) is 5.18. The number of benzene rings is 1. The highest BCUT2D eigenvalue weighted by Crippen LogP contribution is 2.15. The quantitative estimate of drug-likeness (QED) is 0.792. The monoisotopic (exact) mass is 315 g/mol. The highest BCUT2D eigenvalue weighted by molar-refractivity contribution is 5.88. The van der Waals surface area contributed by atoms with Crippen LogP contribution in [-0.4, -0.2) is 11.9 Å². The SMILES string of the molecule is CC(=O)Nc1cccc(CNC(=O)NC(C)c2ccc(C)o2)c1. The summed E-state index contributed by atoms with van der Waals surface area (Å²) in [6.07, 6.45) is 0. The number of amides is 3. The molecular formula is C17H21N3O3. The maximum Gasteiger partial charge on any atom is 0.315 e. The zero-order valence-corrected chi connectivity index (χ0v) is 13.5. The van der Waals surface area contributed by atoms with E-state index in [2.05, 4.69) is 16.0 Å². The Balaban J connectivity index is 1.85. The van der Waals surface area contributed by atoms with E-state index in [1.807, 2.05) is 44.2 Å². The molecule has 2 aromatic rings. The molecule has 1 unspecified atom stereocenters. The lowest BCUT2D eigenvalue weighted by atomic mass is 10.2. The van der Waals surface area contributed by atoms with Crippen LogP contribution in [0.4, 0.5) is 10.5 Å². The molecule has 0 aliphatic heterocycles. The summed E-state index contributed by atoms with van der Waals surface area (Å²) in [5.41, 5.74) is 1.60. The van der Waals surface area contributed by atoms with Gasteiger partial charge in [-0.2, -0.15) is 0 Å². The summed E-state index contributed by atoms with van der Waals surface area (Å²) in [5, 5.41) is 8.30. The first-order valence-electron chi connectivity index (χ1n) is 7.41. The molecule has 1 aromatic heterocycles. The van der Waals surface area contributed by atoms with Crippen LogP contribution in [0.3, 0.4) is 0 Å². The van der Waals surface area contributed by atoms with Gasteiger partial charge in [-0.1, -0.05) is 12.1 Å². The first-order valence-corrected chi connectivity index (χ1v) is 7.41. The lowest BCUT2D eigenvalue weighted by molar-refractivity contribution is -0.114. The first-order chi connectivity index (χ1) is 10.9. The number of carbonyl (C=O) groups excluding carboxylic acids is 2. The van der Waals surface area contributed by atoms with Gasteiger partial charge >= 0.3 is 6.03 Å². The van der Waals surface area contributed by atoms with E-state index in [-0.39, 0.29) is 18.0 Å². The average Bonchev–Trinajstić information content (AvgIpc) is 2.91. The van der Waals surface area contributed by atoms with Crippen LogP contribution in [0.1, 0.15) is 37.0 Å². The van der Waals surface area contributed by atoms with Gasteiger partial charge in [-0.05, 0) is 43.7 Å². The van der Waals surface area contributed by atoms with Gasteiger partial charge in [0.1, 0.15) is 11.5 Å². The number of anilines is 1. The smallest absolute Gasteiger partial charge is 0.315 e. The molecule has 0 bridgehead atoms. The Morgan fingerprint density at radius 2 is 2.00 bits per heavy atom. The van der Waals surface area contributed by atoms with E-state index in [9.17, 15) is 9.59 Å². The molecule has 0 spiro atoms. The number of carbonyl (C=O) groups is 2. The Morgan fingerprint density at radius 3 is 2.65 bits per heavy atom. The normalized spacial score (nSPS) is 11.6. The first kappa shape index (κ1) is 16.6. The molecule has 1 atom stereocenters. The fourth-order valence-electron chi connectivity index (χ4n) is 2.15. The van der Waals surface area contributed by atoms with Crippen molar-refractivity contribution in [1.29, 1.82) is 0 Å². The summed E-state index contributed by atoms with van der Waals surface area (Å²) < 4.78 is 5.48. The number of urea groups is 1. The maximum atomic E-state index is 11.9. The predicted octanol–water partition coefficient (Wildman–Crippen LogP) is 3.11. The number of aryl methyl sites for hydroxylation is 1. The van der Waals surface area contributed by atoms with Crippen LogP contribution in [0.5, 0.6) is 0 Å². The van der Waals surface area contributed by atoms with Gasteiger partial charge in [0.15, 0.2) is 0 Å². The Morgan fingerprint density at radius 1 is 1.22 bits per heavy atom. The van der Waals surface area contributed by atoms with E-state index >= 15 is 0 Å². The van der Waals surface area contributed by atoms with Crippen molar-refractivity contribution in [3.05, 3.63) is 53.5 Å². The molecule has 0 radical (unpaired) electrons. The van der Waals surface area contributed by atoms with Crippen LogP contribution in [0.25, 0.3) is 0 Å². The zero-order chi connectivity index (χ0) is 16.8. The highest BCUT2D eigenvalue weighted by atomic mass is 16.3. The number of furan rings is 1. The zero-order valence-electron chi connectivity index (χ0n) is 13.5. The topological polar surface area (TPSA) is 83.4 Å². The second-order valence-corrected chi connectivity index (χ2v) is 5.38. The number of hydrogen-bond acceptors (Lipinski definition) is 3. The molecule has 0 aliphatic rings. The lowest BCUT2D eigenvalue weighted by Gasteiger charge is -2.13. The van der Waals surface area contributed by atoms with Crippen LogP contribution in [0.2, 0.25) is 0 Å². The van der Waals surface area contributed by atoms with Crippen LogP contribution in [0.15, 0.2) is 40.8 Å². The molecule has 3 amide bonds. The molecular weight excluding hydrogens is 294 g/mol. The summed E-state index contributed by atoms with van der Waals surface area (Å²) in [7, 11) is 0. The summed E-state index contributed by atoms with van der Waals surface area (Å²) >= 11 is 0. The van der Waals surface area contributed by atoms with Crippen molar-refractivity contribution in [2.24, 2.45) is 0 Å².